The Morgan fingerprint density at radius 3 is 1.95 bits per heavy atom. The van der Waals surface area contributed by atoms with Gasteiger partial charge in [-0.25, -0.2) is 0 Å². The highest BCUT2D eigenvalue weighted by molar-refractivity contribution is 5.84. The molecule has 0 amide bonds. The monoisotopic (exact) mass is 322 g/mol. The van der Waals surface area contributed by atoms with Crippen molar-refractivity contribution in [3.8, 4) is 0 Å². The van der Waals surface area contributed by atoms with Crippen LogP contribution in [0, 0.1) is 11.3 Å². The summed E-state index contributed by atoms with van der Waals surface area (Å²) in [5, 5.41) is 43.1. The maximum Gasteiger partial charge on any atom is 0.189 e. The van der Waals surface area contributed by atoms with E-state index >= 15 is 0 Å². The van der Waals surface area contributed by atoms with Crippen molar-refractivity contribution in [3.63, 3.8) is 0 Å². The van der Waals surface area contributed by atoms with Crippen LogP contribution in [0.5, 0.6) is 0 Å². The molecule has 0 bridgehead atoms. The first-order valence-electron chi connectivity index (χ1n) is 7.22. The van der Waals surface area contributed by atoms with E-state index in [0.717, 1.165) is 12.7 Å². The number of hydrogen-bond donors (Lipinski definition) is 5. The minimum absolute atomic E-state index is 0.364. The van der Waals surface area contributed by atoms with Gasteiger partial charge in [-0.1, -0.05) is 27.7 Å². The molecule has 0 aliphatic carbocycles. The molecule has 0 heterocycles. The molecular formula is C15H30O7. The summed E-state index contributed by atoms with van der Waals surface area (Å²) in [5.41, 5.74) is 0.364. The summed E-state index contributed by atoms with van der Waals surface area (Å²) >= 11 is 0. The number of hydrogen-bond acceptors (Lipinski definition) is 7. The van der Waals surface area contributed by atoms with E-state index in [4.69, 9.17) is 25.5 Å². The fourth-order valence-electron chi connectivity index (χ4n) is 1.90. The molecule has 0 aromatic carbocycles. The molecule has 132 valence electrons. The molecule has 0 saturated carbocycles. The number of rotatable bonds is 8. The summed E-state index contributed by atoms with van der Waals surface area (Å²) in [7, 11) is 0. The van der Waals surface area contributed by atoms with Crippen molar-refractivity contribution >= 4 is 12.1 Å². The quantitative estimate of drug-likeness (QED) is 0.372. The van der Waals surface area contributed by atoms with Crippen molar-refractivity contribution in [2.45, 2.75) is 58.8 Å². The van der Waals surface area contributed by atoms with E-state index in [1.165, 1.54) is 0 Å². The molecule has 7 nitrogen and oxygen atoms in total. The summed E-state index contributed by atoms with van der Waals surface area (Å²) in [4.78, 5) is 20.6. The van der Waals surface area contributed by atoms with Gasteiger partial charge in [0, 0.05) is 6.42 Å². The summed E-state index contributed by atoms with van der Waals surface area (Å²) < 4.78 is 0. The largest absolute Gasteiger partial charge is 0.394 e. The summed E-state index contributed by atoms with van der Waals surface area (Å²) in [6.45, 7) is 7.05. The molecule has 4 atom stereocenters. The maximum absolute atomic E-state index is 10.5. The Kier molecular flexibility index (Phi) is 12.4. The molecule has 0 saturated heterocycles. The van der Waals surface area contributed by atoms with E-state index in [0.29, 0.717) is 17.8 Å². The molecule has 1 unspecified atom stereocenters. The Morgan fingerprint density at radius 2 is 1.64 bits per heavy atom. The molecule has 0 aliphatic heterocycles. The van der Waals surface area contributed by atoms with Crippen molar-refractivity contribution in [3.05, 3.63) is 0 Å². The first-order valence-corrected chi connectivity index (χ1v) is 7.22. The smallest absolute Gasteiger partial charge is 0.189 e. The van der Waals surface area contributed by atoms with Crippen molar-refractivity contribution in [2.75, 3.05) is 13.2 Å². The number of aliphatic hydroxyl groups excluding tert-OH is 5. The van der Waals surface area contributed by atoms with E-state index in [1.54, 1.807) is 0 Å². The van der Waals surface area contributed by atoms with Crippen LogP contribution in [0.4, 0.5) is 0 Å². The lowest BCUT2D eigenvalue weighted by molar-refractivity contribution is -0.142. The van der Waals surface area contributed by atoms with Gasteiger partial charge in [0.05, 0.1) is 6.61 Å². The van der Waals surface area contributed by atoms with Gasteiger partial charge in [-0.15, -0.1) is 0 Å². The molecule has 22 heavy (non-hydrogen) atoms. The molecule has 0 fully saturated rings. The van der Waals surface area contributed by atoms with Crippen molar-refractivity contribution < 1.29 is 35.1 Å². The van der Waals surface area contributed by atoms with Gasteiger partial charge in [0.25, 0.3) is 0 Å². The third kappa shape index (κ3) is 11.8. The zero-order chi connectivity index (χ0) is 17.9. The van der Waals surface area contributed by atoms with Crippen molar-refractivity contribution in [1.82, 2.24) is 0 Å². The van der Waals surface area contributed by atoms with Gasteiger partial charge in [0.15, 0.2) is 5.78 Å². The minimum atomic E-state index is -1.86. The average molecular weight is 322 g/mol. The fraction of sp³-hybridized carbons (Fsp3) is 0.867. The molecule has 5 N–H and O–H groups in total. The SMILES string of the molecule is CC(CC=O)CC(C)(C)C.O=C(CO)[C@H](O)[C@@H](O)[C@H](O)CO. The topological polar surface area (TPSA) is 135 Å². The van der Waals surface area contributed by atoms with E-state index in [2.05, 4.69) is 27.7 Å². The third-order valence-electron chi connectivity index (χ3n) is 2.85. The zero-order valence-corrected chi connectivity index (χ0v) is 13.8. The fourth-order valence-corrected chi connectivity index (χ4v) is 1.90. The van der Waals surface area contributed by atoms with Gasteiger partial charge < -0.3 is 30.3 Å². The Labute approximate surface area is 131 Å². The van der Waals surface area contributed by atoms with Crippen LogP contribution in [0.1, 0.15) is 40.5 Å². The molecule has 0 spiro atoms. The minimum Gasteiger partial charge on any atom is -0.394 e. The van der Waals surface area contributed by atoms with Crippen LogP contribution in [0.3, 0.4) is 0 Å². The number of Topliss-reactive ketones (excluding diaryl/α,β-unsaturated/α-hetero) is 1. The first kappa shape index (κ1) is 23.4. The van der Waals surface area contributed by atoms with Gasteiger partial charge in [-0.3, -0.25) is 4.79 Å². The normalized spacial score (nSPS) is 16.8. The number of ketones is 1. The van der Waals surface area contributed by atoms with Crippen molar-refractivity contribution in [2.24, 2.45) is 11.3 Å². The molecule has 0 rings (SSSR count). The Balaban J connectivity index is 0. The van der Waals surface area contributed by atoms with Gasteiger partial charge in [-0.2, -0.15) is 0 Å². The van der Waals surface area contributed by atoms with E-state index in [-0.39, 0.29) is 0 Å². The predicted octanol–water partition coefficient (Wildman–Crippen LogP) is -0.729. The van der Waals surface area contributed by atoms with Crippen molar-refractivity contribution in [1.29, 1.82) is 0 Å². The van der Waals surface area contributed by atoms with Gasteiger partial charge in [0.1, 0.15) is 31.2 Å². The van der Waals surface area contributed by atoms with E-state index in [1.807, 2.05) is 0 Å². The summed E-state index contributed by atoms with van der Waals surface area (Å²) in [5.74, 6) is -0.465. The molecule has 7 heteroatoms. The van der Waals surface area contributed by atoms with E-state index in [9.17, 15) is 9.59 Å². The second-order valence-corrected chi connectivity index (χ2v) is 6.58. The number of aldehydes is 1. The van der Waals surface area contributed by atoms with Crippen LogP contribution < -0.4 is 0 Å². The van der Waals surface area contributed by atoms with Crippen LogP contribution in [0.2, 0.25) is 0 Å². The highest BCUT2D eigenvalue weighted by Gasteiger charge is 2.28. The maximum atomic E-state index is 10.5. The highest BCUT2D eigenvalue weighted by Crippen LogP contribution is 2.25. The van der Waals surface area contributed by atoms with Gasteiger partial charge in [0.2, 0.25) is 0 Å². The lowest BCUT2D eigenvalue weighted by atomic mass is 9.84. The lowest BCUT2D eigenvalue weighted by Gasteiger charge is -2.21. The summed E-state index contributed by atoms with van der Waals surface area (Å²) in [6, 6.07) is 0. The van der Waals surface area contributed by atoms with E-state index < -0.39 is 37.3 Å². The number of carbonyl (C=O) groups is 2. The Morgan fingerprint density at radius 1 is 1.14 bits per heavy atom. The van der Waals surface area contributed by atoms with Crippen LogP contribution in [-0.4, -0.2) is 69.1 Å². The standard InChI is InChI=1S/C9H18O.C6H12O6/c1-8(5-6-10)7-9(2,3)4;7-1-3(9)5(11)6(12)4(10)2-8/h6,8H,5,7H2,1-4H3;3,5-9,11-12H,1-2H2/t;3-,5+,6+/m.1/s1. The zero-order valence-electron chi connectivity index (χ0n) is 13.8. The molecule has 0 aromatic heterocycles. The first-order chi connectivity index (χ1) is 9.99. The lowest BCUT2D eigenvalue weighted by Crippen LogP contribution is -2.44. The number of aliphatic hydroxyl groups is 5. The van der Waals surface area contributed by atoms with Crippen LogP contribution in [-0.2, 0) is 9.59 Å². The highest BCUT2D eigenvalue weighted by atomic mass is 16.4. The number of carbonyl (C=O) groups excluding carboxylic acids is 2. The van der Waals surface area contributed by atoms with Gasteiger partial charge >= 0.3 is 0 Å². The second kappa shape index (κ2) is 11.7. The molecule has 0 radical (unpaired) electrons. The molecule has 0 aromatic rings. The van der Waals surface area contributed by atoms with Gasteiger partial charge in [-0.05, 0) is 17.8 Å². The third-order valence-corrected chi connectivity index (χ3v) is 2.85. The average Bonchev–Trinajstić information content (AvgIpc) is 2.42. The summed E-state index contributed by atoms with van der Waals surface area (Å²) in [6.07, 6.45) is -2.37. The van der Waals surface area contributed by atoms with Crippen LogP contribution in [0.25, 0.3) is 0 Å². The van der Waals surface area contributed by atoms with Crippen LogP contribution >= 0.6 is 0 Å². The molecule has 0 aliphatic rings. The Hall–Kier alpha value is -0.860. The second-order valence-electron chi connectivity index (χ2n) is 6.58. The van der Waals surface area contributed by atoms with Crippen LogP contribution in [0.15, 0.2) is 0 Å². The predicted molar refractivity (Wildman–Crippen MR) is 81.1 cm³/mol. The Bertz CT molecular complexity index is 312. The molecular weight excluding hydrogens is 292 g/mol.